The molecule has 128 valence electrons. The van der Waals surface area contributed by atoms with Crippen molar-refractivity contribution in [1.82, 2.24) is 15.2 Å². The molecule has 3 aromatic rings. The summed E-state index contributed by atoms with van der Waals surface area (Å²) in [6, 6.07) is 13.4. The van der Waals surface area contributed by atoms with Gasteiger partial charge in [-0.15, -0.1) is 5.10 Å². The lowest BCUT2D eigenvalue weighted by Crippen LogP contribution is -2.09. The summed E-state index contributed by atoms with van der Waals surface area (Å²) >= 11 is 12.0. The van der Waals surface area contributed by atoms with Crippen LogP contribution in [0.5, 0.6) is 0 Å². The van der Waals surface area contributed by atoms with E-state index < -0.39 is 0 Å². The molecule has 7 heteroatoms. The minimum absolute atomic E-state index is 0.415. The van der Waals surface area contributed by atoms with Gasteiger partial charge in [-0.25, -0.2) is 0 Å². The van der Waals surface area contributed by atoms with Crippen molar-refractivity contribution in [3.63, 3.8) is 0 Å². The first kappa shape index (κ1) is 17.5. The monoisotopic (exact) mass is 373 g/mol. The van der Waals surface area contributed by atoms with Crippen LogP contribution in [0.4, 0.5) is 17.5 Å². The van der Waals surface area contributed by atoms with Crippen LogP contribution >= 0.6 is 23.2 Å². The standard InChI is InChI=1S/C18H17Cl2N5/c1-12-5-6-15(20)10-16(12)23-18-24-17(11-22-25-18)21-8-7-13-3-2-4-14(19)9-13/h2-6,9-11H,7-8H2,1H3,(H2,21,23,24,25). The molecule has 0 unspecified atom stereocenters. The van der Waals surface area contributed by atoms with E-state index in [-0.39, 0.29) is 0 Å². The first-order valence-electron chi connectivity index (χ1n) is 7.81. The third-order valence-electron chi connectivity index (χ3n) is 3.61. The van der Waals surface area contributed by atoms with Crippen LogP contribution in [0.15, 0.2) is 48.7 Å². The molecule has 0 radical (unpaired) electrons. The summed E-state index contributed by atoms with van der Waals surface area (Å²) in [5, 5.41) is 15.8. The van der Waals surface area contributed by atoms with E-state index in [0.29, 0.717) is 23.3 Å². The highest BCUT2D eigenvalue weighted by molar-refractivity contribution is 6.31. The number of nitrogens with one attached hydrogen (secondary N) is 2. The molecule has 0 fully saturated rings. The molecule has 0 saturated heterocycles. The summed E-state index contributed by atoms with van der Waals surface area (Å²) in [5.74, 6) is 1.07. The molecule has 1 heterocycles. The average Bonchev–Trinajstić information content (AvgIpc) is 2.59. The van der Waals surface area contributed by atoms with Crippen molar-refractivity contribution in [3.8, 4) is 0 Å². The van der Waals surface area contributed by atoms with Gasteiger partial charge in [-0.2, -0.15) is 10.1 Å². The third kappa shape index (κ3) is 5.05. The van der Waals surface area contributed by atoms with Crippen LogP contribution < -0.4 is 10.6 Å². The quantitative estimate of drug-likeness (QED) is 0.644. The Labute approximate surface area is 156 Å². The van der Waals surface area contributed by atoms with Gasteiger partial charge in [0.05, 0.1) is 6.20 Å². The van der Waals surface area contributed by atoms with Gasteiger partial charge in [-0.05, 0) is 48.7 Å². The van der Waals surface area contributed by atoms with Crippen LogP contribution in [-0.4, -0.2) is 21.7 Å². The summed E-state index contributed by atoms with van der Waals surface area (Å²) in [7, 11) is 0. The van der Waals surface area contributed by atoms with Crippen molar-refractivity contribution in [2.45, 2.75) is 13.3 Å². The normalized spacial score (nSPS) is 10.5. The summed E-state index contributed by atoms with van der Waals surface area (Å²) in [6.07, 6.45) is 2.43. The zero-order valence-corrected chi connectivity index (χ0v) is 15.1. The Morgan fingerprint density at radius 1 is 1.04 bits per heavy atom. The Kier molecular flexibility index (Phi) is 5.68. The van der Waals surface area contributed by atoms with E-state index in [1.54, 1.807) is 6.20 Å². The number of aryl methyl sites for hydroxylation is 1. The van der Waals surface area contributed by atoms with Crippen LogP contribution in [0.2, 0.25) is 10.0 Å². The smallest absolute Gasteiger partial charge is 0.249 e. The van der Waals surface area contributed by atoms with Gasteiger partial charge in [0.25, 0.3) is 0 Å². The molecule has 0 amide bonds. The summed E-state index contributed by atoms with van der Waals surface area (Å²) < 4.78 is 0. The zero-order chi connectivity index (χ0) is 17.6. The number of benzene rings is 2. The fraction of sp³-hybridized carbons (Fsp3) is 0.167. The molecular formula is C18H17Cl2N5. The fourth-order valence-electron chi connectivity index (χ4n) is 2.32. The fourth-order valence-corrected chi connectivity index (χ4v) is 2.70. The van der Waals surface area contributed by atoms with E-state index >= 15 is 0 Å². The van der Waals surface area contributed by atoms with Gasteiger partial charge in [0.15, 0.2) is 5.82 Å². The molecule has 0 spiro atoms. The van der Waals surface area contributed by atoms with Crippen molar-refractivity contribution in [3.05, 3.63) is 69.8 Å². The van der Waals surface area contributed by atoms with Gasteiger partial charge in [0.1, 0.15) is 0 Å². The number of aromatic nitrogens is 3. The lowest BCUT2D eigenvalue weighted by molar-refractivity contribution is 0.950. The first-order valence-corrected chi connectivity index (χ1v) is 8.57. The highest BCUT2D eigenvalue weighted by Gasteiger charge is 2.04. The third-order valence-corrected chi connectivity index (χ3v) is 4.08. The highest BCUT2D eigenvalue weighted by Crippen LogP contribution is 2.22. The summed E-state index contributed by atoms with van der Waals surface area (Å²) in [6.45, 7) is 2.70. The van der Waals surface area contributed by atoms with E-state index in [1.165, 1.54) is 0 Å². The van der Waals surface area contributed by atoms with Gasteiger partial charge in [-0.3, -0.25) is 0 Å². The van der Waals surface area contributed by atoms with E-state index in [1.807, 2.05) is 49.4 Å². The Balaban J connectivity index is 1.62. The van der Waals surface area contributed by atoms with Crippen LogP contribution in [0.1, 0.15) is 11.1 Å². The van der Waals surface area contributed by atoms with Gasteiger partial charge >= 0.3 is 0 Å². The SMILES string of the molecule is Cc1ccc(Cl)cc1Nc1nncc(NCCc2cccc(Cl)c2)n1. The van der Waals surface area contributed by atoms with Crippen molar-refractivity contribution >= 4 is 40.7 Å². The number of rotatable bonds is 6. The van der Waals surface area contributed by atoms with Crippen LogP contribution in [-0.2, 0) is 6.42 Å². The predicted molar refractivity (Wildman–Crippen MR) is 103 cm³/mol. The van der Waals surface area contributed by atoms with E-state index in [9.17, 15) is 0 Å². The molecule has 2 aromatic carbocycles. The molecule has 0 aliphatic carbocycles. The molecule has 3 rings (SSSR count). The number of hydrogen-bond donors (Lipinski definition) is 2. The van der Waals surface area contributed by atoms with E-state index in [4.69, 9.17) is 23.2 Å². The lowest BCUT2D eigenvalue weighted by atomic mass is 10.1. The number of halogens is 2. The van der Waals surface area contributed by atoms with E-state index in [2.05, 4.69) is 25.8 Å². The van der Waals surface area contributed by atoms with Crippen LogP contribution in [0.25, 0.3) is 0 Å². The Morgan fingerprint density at radius 3 is 2.72 bits per heavy atom. The topological polar surface area (TPSA) is 62.7 Å². The highest BCUT2D eigenvalue weighted by atomic mass is 35.5. The Morgan fingerprint density at radius 2 is 1.88 bits per heavy atom. The Hall–Kier alpha value is -2.37. The maximum absolute atomic E-state index is 6.03. The van der Waals surface area contributed by atoms with Gasteiger partial charge in [0.2, 0.25) is 5.95 Å². The lowest BCUT2D eigenvalue weighted by Gasteiger charge is -2.10. The number of hydrogen-bond acceptors (Lipinski definition) is 5. The molecule has 2 N–H and O–H groups in total. The minimum atomic E-state index is 0.415. The zero-order valence-electron chi connectivity index (χ0n) is 13.6. The second kappa shape index (κ2) is 8.14. The molecule has 0 bridgehead atoms. The second-order valence-electron chi connectivity index (χ2n) is 5.56. The Bertz CT molecular complexity index is 870. The molecule has 1 aromatic heterocycles. The predicted octanol–water partition coefficient (Wildman–Crippen LogP) is 4.89. The molecule has 0 saturated carbocycles. The summed E-state index contributed by atoms with van der Waals surface area (Å²) in [4.78, 5) is 4.42. The molecule has 5 nitrogen and oxygen atoms in total. The molecule has 0 atom stereocenters. The number of nitrogens with zero attached hydrogens (tertiary/aromatic N) is 3. The van der Waals surface area contributed by atoms with Crippen molar-refractivity contribution in [2.24, 2.45) is 0 Å². The largest absolute Gasteiger partial charge is 0.368 e. The molecule has 25 heavy (non-hydrogen) atoms. The number of anilines is 3. The van der Waals surface area contributed by atoms with Gasteiger partial charge < -0.3 is 10.6 Å². The van der Waals surface area contributed by atoms with Gasteiger partial charge in [0, 0.05) is 22.3 Å². The first-order chi connectivity index (χ1) is 12.1. The molecule has 0 aliphatic heterocycles. The van der Waals surface area contributed by atoms with Crippen molar-refractivity contribution in [2.75, 3.05) is 17.2 Å². The minimum Gasteiger partial charge on any atom is -0.368 e. The van der Waals surface area contributed by atoms with E-state index in [0.717, 1.165) is 28.3 Å². The van der Waals surface area contributed by atoms with Crippen molar-refractivity contribution in [1.29, 1.82) is 0 Å². The van der Waals surface area contributed by atoms with Crippen LogP contribution in [0, 0.1) is 6.92 Å². The second-order valence-corrected chi connectivity index (χ2v) is 6.43. The summed E-state index contributed by atoms with van der Waals surface area (Å²) in [5.41, 5.74) is 3.06. The van der Waals surface area contributed by atoms with Crippen LogP contribution in [0.3, 0.4) is 0 Å². The maximum atomic E-state index is 6.03. The average molecular weight is 374 g/mol. The van der Waals surface area contributed by atoms with Crippen molar-refractivity contribution < 1.29 is 0 Å². The maximum Gasteiger partial charge on any atom is 0.249 e. The van der Waals surface area contributed by atoms with Gasteiger partial charge in [-0.1, -0.05) is 41.4 Å². The molecular weight excluding hydrogens is 357 g/mol. The molecule has 0 aliphatic rings.